The average Bonchev–Trinajstić information content (AvgIpc) is 2.91. The molecular weight excluding hydrogens is 334 g/mol. The van der Waals surface area contributed by atoms with Crippen LogP contribution in [0.4, 0.5) is 11.6 Å². The molecule has 2 rings (SSSR count). The maximum absolute atomic E-state index is 5.36. The number of hydrogen-bond donors (Lipinski definition) is 1. The highest BCUT2D eigenvalue weighted by molar-refractivity contribution is 9.10. The van der Waals surface area contributed by atoms with Crippen molar-refractivity contribution in [3.63, 3.8) is 0 Å². The van der Waals surface area contributed by atoms with Crippen molar-refractivity contribution in [1.82, 2.24) is 9.55 Å². The molecule has 0 amide bonds. The molecule has 0 bridgehead atoms. The van der Waals surface area contributed by atoms with Crippen LogP contribution in [-0.2, 0) is 11.3 Å². The lowest BCUT2D eigenvalue weighted by atomic mass is 10.3. The quantitative estimate of drug-likeness (QED) is 0.732. The van der Waals surface area contributed by atoms with E-state index in [0.29, 0.717) is 0 Å². The number of nitrogens with one attached hydrogen (secondary N) is 1. The molecule has 1 aromatic heterocycles. The lowest BCUT2D eigenvalue weighted by Crippen LogP contribution is -2.06. The van der Waals surface area contributed by atoms with Crippen molar-refractivity contribution < 1.29 is 9.47 Å². The molecule has 5 nitrogen and oxygen atoms in total. The number of aromatic nitrogens is 2. The minimum Gasteiger partial charge on any atom is -0.495 e. The van der Waals surface area contributed by atoms with Gasteiger partial charge in [0.1, 0.15) is 5.75 Å². The van der Waals surface area contributed by atoms with Crippen LogP contribution in [-0.4, -0.2) is 29.9 Å². The number of rotatable bonds is 8. The Balaban J connectivity index is 2.06. The molecule has 21 heavy (non-hydrogen) atoms. The first-order chi connectivity index (χ1) is 10.2. The number of hydrogen-bond acceptors (Lipinski definition) is 4. The topological polar surface area (TPSA) is 48.3 Å². The monoisotopic (exact) mass is 353 g/mol. The number of anilines is 2. The van der Waals surface area contributed by atoms with E-state index in [1.54, 1.807) is 13.3 Å². The van der Waals surface area contributed by atoms with E-state index in [4.69, 9.17) is 9.47 Å². The van der Waals surface area contributed by atoms with Crippen molar-refractivity contribution in [1.29, 1.82) is 0 Å². The van der Waals surface area contributed by atoms with Gasteiger partial charge in [-0.1, -0.05) is 15.9 Å². The molecule has 0 fully saturated rings. The minimum absolute atomic E-state index is 0.754. The van der Waals surface area contributed by atoms with E-state index in [2.05, 4.69) is 30.8 Å². The Morgan fingerprint density at radius 1 is 1.38 bits per heavy atom. The van der Waals surface area contributed by atoms with Gasteiger partial charge in [0.15, 0.2) is 0 Å². The van der Waals surface area contributed by atoms with Crippen molar-refractivity contribution in [3.8, 4) is 5.75 Å². The molecule has 0 aliphatic carbocycles. The standard InChI is InChI=1S/C15H20BrN3O2/c1-3-21-10-4-8-19-9-7-17-15(19)18-13-11-12(16)5-6-14(13)20-2/h5-7,9,11H,3-4,8,10H2,1-2H3,(H,17,18). The molecule has 0 radical (unpaired) electrons. The number of benzene rings is 1. The third kappa shape index (κ3) is 4.47. The molecule has 0 spiro atoms. The Morgan fingerprint density at radius 3 is 3.00 bits per heavy atom. The first kappa shape index (κ1) is 15.9. The fraction of sp³-hybridized carbons (Fsp3) is 0.400. The van der Waals surface area contributed by atoms with Gasteiger partial charge in [0, 0.05) is 36.6 Å². The van der Waals surface area contributed by atoms with E-state index in [0.717, 1.165) is 48.0 Å². The van der Waals surface area contributed by atoms with Gasteiger partial charge in [0.05, 0.1) is 12.8 Å². The predicted molar refractivity (Wildman–Crippen MR) is 87.3 cm³/mol. The van der Waals surface area contributed by atoms with Gasteiger partial charge in [-0.15, -0.1) is 0 Å². The highest BCUT2D eigenvalue weighted by Gasteiger charge is 2.08. The van der Waals surface area contributed by atoms with Gasteiger partial charge in [-0.05, 0) is 31.5 Å². The summed E-state index contributed by atoms with van der Waals surface area (Å²) in [6.07, 6.45) is 4.70. The van der Waals surface area contributed by atoms with E-state index in [1.165, 1.54) is 0 Å². The minimum atomic E-state index is 0.754. The number of aryl methyl sites for hydroxylation is 1. The second kappa shape index (κ2) is 8.05. The van der Waals surface area contributed by atoms with Gasteiger partial charge in [0.25, 0.3) is 0 Å². The lowest BCUT2D eigenvalue weighted by molar-refractivity contribution is 0.142. The fourth-order valence-corrected chi connectivity index (χ4v) is 2.35. The Kier molecular flexibility index (Phi) is 6.07. The first-order valence-electron chi connectivity index (χ1n) is 6.94. The second-order valence-electron chi connectivity index (χ2n) is 4.46. The average molecular weight is 354 g/mol. The van der Waals surface area contributed by atoms with Gasteiger partial charge < -0.3 is 19.4 Å². The molecule has 1 heterocycles. The van der Waals surface area contributed by atoms with E-state index in [1.807, 2.05) is 31.3 Å². The third-order valence-corrected chi connectivity index (χ3v) is 3.51. The summed E-state index contributed by atoms with van der Waals surface area (Å²) >= 11 is 3.47. The van der Waals surface area contributed by atoms with Crippen LogP contribution >= 0.6 is 15.9 Å². The summed E-state index contributed by atoms with van der Waals surface area (Å²) in [5.41, 5.74) is 0.879. The summed E-state index contributed by atoms with van der Waals surface area (Å²) < 4.78 is 13.8. The normalized spacial score (nSPS) is 10.6. The maximum atomic E-state index is 5.36. The largest absolute Gasteiger partial charge is 0.495 e. The fourth-order valence-electron chi connectivity index (χ4n) is 1.99. The summed E-state index contributed by atoms with van der Waals surface area (Å²) in [6.45, 7) is 4.38. The molecular formula is C15H20BrN3O2. The van der Waals surface area contributed by atoms with Gasteiger partial charge >= 0.3 is 0 Å². The number of ether oxygens (including phenoxy) is 2. The summed E-state index contributed by atoms with van der Waals surface area (Å²) in [5, 5.41) is 3.31. The van der Waals surface area contributed by atoms with E-state index in [9.17, 15) is 0 Å². The van der Waals surface area contributed by atoms with Crippen LogP contribution in [0.3, 0.4) is 0 Å². The molecule has 6 heteroatoms. The number of nitrogens with zero attached hydrogens (tertiary/aromatic N) is 2. The van der Waals surface area contributed by atoms with Gasteiger partial charge in [-0.25, -0.2) is 4.98 Å². The zero-order chi connectivity index (χ0) is 15.1. The Morgan fingerprint density at radius 2 is 2.24 bits per heavy atom. The summed E-state index contributed by atoms with van der Waals surface area (Å²) in [6, 6.07) is 5.82. The SMILES string of the molecule is CCOCCCn1ccnc1Nc1cc(Br)ccc1OC. The van der Waals surface area contributed by atoms with E-state index < -0.39 is 0 Å². The molecule has 0 unspecified atom stereocenters. The first-order valence-corrected chi connectivity index (χ1v) is 7.73. The van der Waals surface area contributed by atoms with Crippen LogP contribution in [0.1, 0.15) is 13.3 Å². The highest BCUT2D eigenvalue weighted by Crippen LogP contribution is 2.30. The van der Waals surface area contributed by atoms with Crippen LogP contribution in [0.15, 0.2) is 35.1 Å². The molecule has 0 aliphatic heterocycles. The third-order valence-electron chi connectivity index (χ3n) is 3.02. The molecule has 1 N–H and O–H groups in total. The summed E-state index contributed by atoms with van der Waals surface area (Å²) in [7, 11) is 1.66. The van der Waals surface area contributed by atoms with Crippen molar-refractivity contribution in [2.75, 3.05) is 25.6 Å². The Bertz CT molecular complexity index is 572. The van der Waals surface area contributed by atoms with E-state index >= 15 is 0 Å². The van der Waals surface area contributed by atoms with Crippen LogP contribution in [0.2, 0.25) is 0 Å². The molecule has 0 aliphatic rings. The lowest BCUT2D eigenvalue weighted by Gasteiger charge is -2.13. The Hall–Kier alpha value is -1.53. The van der Waals surface area contributed by atoms with E-state index in [-0.39, 0.29) is 0 Å². The van der Waals surface area contributed by atoms with Crippen molar-refractivity contribution in [2.24, 2.45) is 0 Å². The van der Waals surface area contributed by atoms with Crippen molar-refractivity contribution >= 4 is 27.6 Å². The number of halogens is 1. The zero-order valence-electron chi connectivity index (χ0n) is 12.3. The van der Waals surface area contributed by atoms with Gasteiger partial charge in [0.2, 0.25) is 5.95 Å². The summed E-state index contributed by atoms with van der Waals surface area (Å²) in [5.74, 6) is 1.57. The number of methoxy groups -OCH3 is 1. The highest BCUT2D eigenvalue weighted by atomic mass is 79.9. The molecule has 0 saturated carbocycles. The predicted octanol–water partition coefficient (Wildman–Crippen LogP) is 3.82. The van der Waals surface area contributed by atoms with Crippen molar-refractivity contribution in [3.05, 3.63) is 35.1 Å². The molecule has 0 atom stereocenters. The second-order valence-corrected chi connectivity index (χ2v) is 5.38. The zero-order valence-corrected chi connectivity index (χ0v) is 13.9. The van der Waals surface area contributed by atoms with Gasteiger partial charge in [-0.2, -0.15) is 0 Å². The molecule has 2 aromatic rings. The maximum Gasteiger partial charge on any atom is 0.207 e. The number of imidazole rings is 1. The van der Waals surface area contributed by atoms with Gasteiger partial charge in [-0.3, -0.25) is 0 Å². The van der Waals surface area contributed by atoms with Crippen molar-refractivity contribution in [2.45, 2.75) is 19.9 Å². The summed E-state index contributed by atoms with van der Waals surface area (Å²) in [4.78, 5) is 4.36. The van der Waals surface area contributed by atoms with Crippen LogP contribution in [0.5, 0.6) is 5.75 Å². The van der Waals surface area contributed by atoms with Crippen LogP contribution < -0.4 is 10.1 Å². The van der Waals surface area contributed by atoms with Crippen LogP contribution in [0.25, 0.3) is 0 Å². The molecule has 1 aromatic carbocycles. The smallest absolute Gasteiger partial charge is 0.207 e. The Labute approximate surface area is 133 Å². The van der Waals surface area contributed by atoms with Crippen LogP contribution in [0, 0.1) is 0 Å². The molecule has 0 saturated heterocycles. The molecule has 114 valence electrons.